The van der Waals surface area contributed by atoms with Gasteiger partial charge in [0, 0.05) is 44.3 Å². The number of nitrogens with zero attached hydrogens (tertiary/aromatic N) is 4. The van der Waals surface area contributed by atoms with Crippen molar-refractivity contribution in [3.63, 3.8) is 0 Å². The number of nitrogens with one attached hydrogen (secondary N) is 3. The van der Waals surface area contributed by atoms with Crippen molar-refractivity contribution in [3.05, 3.63) is 35.9 Å². The molecule has 134 valence electrons. The van der Waals surface area contributed by atoms with Crippen molar-refractivity contribution in [2.24, 2.45) is 4.99 Å². The van der Waals surface area contributed by atoms with Gasteiger partial charge in [-0.05, 0) is 44.7 Å². The molecule has 8 heteroatoms. The van der Waals surface area contributed by atoms with E-state index < -0.39 is 0 Å². The van der Waals surface area contributed by atoms with E-state index in [4.69, 9.17) is 0 Å². The van der Waals surface area contributed by atoms with Crippen molar-refractivity contribution in [3.8, 4) is 0 Å². The molecule has 2 aromatic rings. The van der Waals surface area contributed by atoms with E-state index >= 15 is 0 Å². The molecule has 0 fully saturated rings. The van der Waals surface area contributed by atoms with Crippen molar-refractivity contribution in [2.75, 3.05) is 19.6 Å². The summed E-state index contributed by atoms with van der Waals surface area (Å²) < 4.78 is 1.93. The molecular weight excluding hydrogens is 417 g/mol. The minimum atomic E-state index is 0. The molecule has 0 aliphatic rings. The van der Waals surface area contributed by atoms with Crippen LogP contribution in [0.4, 0.5) is 0 Å². The van der Waals surface area contributed by atoms with E-state index in [1.54, 1.807) is 6.20 Å². The van der Waals surface area contributed by atoms with Gasteiger partial charge in [0.15, 0.2) is 5.96 Å². The maximum Gasteiger partial charge on any atom is 0.191 e. The fourth-order valence-corrected chi connectivity index (χ4v) is 2.31. The van der Waals surface area contributed by atoms with Gasteiger partial charge in [-0.2, -0.15) is 10.2 Å². The van der Waals surface area contributed by atoms with Crippen molar-refractivity contribution in [1.82, 2.24) is 30.6 Å². The number of H-pyrrole nitrogens is 1. The lowest BCUT2D eigenvalue weighted by Gasteiger charge is -2.11. The van der Waals surface area contributed by atoms with Crippen LogP contribution >= 0.6 is 24.0 Å². The van der Waals surface area contributed by atoms with Crippen LogP contribution in [0, 0.1) is 6.92 Å². The Balaban J connectivity index is 0.00000288. The molecule has 0 unspecified atom stereocenters. The van der Waals surface area contributed by atoms with Crippen LogP contribution in [0.15, 0.2) is 29.6 Å². The lowest BCUT2D eigenvalue weighted by Crippen LogP contribution is -2.38. The maximum atomic E-state index is 4.60. The summed E-state index contributed by atoms with van der Waals surface area (Å²) in [7, 11) is 0. The average molecular weight is 445 g/mol. The zero-order valence-electron chi connectivity index (χ0n) is 14.5. The van der Waals surface area contributed by atoms with Crippen LogP contribution in [0.1, 0.15) is 31.0 Å². The van der Waals surface area contributed by atoms with Gasteiger partial charge >= 0.3 is 0 Å². The summed E-state index contributed by atoms with van der Waals surface area (Å²) in [4.78, 5) is 4.60. The highest BCUT2D eigenvalue weighted by Gasteiger charge is 2.01. The Bertz CT molecular complexity index is 577. The fraction of sp³-hybridized carbons (Fsp3) is 0.562. The highest BCUT2D eigenvalue weighted by Crippen LogP contribution is 2.04. The number of aryl methyl sites for hydroxylation is 3. The first kappa shape index (κ1) is 20.5. The number of guanidine groups is 1. The second-order valence-corrected chi connectivity index (χ2v) is 5.43. The van der Waals surface area contributed by atoms with E-state index in [0.29, 0.717) is 0 Å². The highest BCUT2D eigenvalue weighted by molar-refractivity contribution is 14.0. The number of hydrogen-bond acceptors (Lipinski definition) is 3. The van der Waals surface area contributed by atoms with Crippen molar-refractivity contribution >= 4 is 29.9 Å². The second-order valence-electron chi connectivity index (χ2n) is 5.43. The Labute approximate surface area is 160 Å². The Morgan fingerprint density at radius 1 is 1.33 bits per heavy atom. The van der Waals surface area contributed by atoms with Crippen LogP contribution in [-0.4, -0.2) is 45.6 Å². The monoisotopic (exact) mass is 445 g/mol. The topological polar surface area (TPSA) is 82.9 Å². The molecule has 7 nitrogen and oxygen atoms in total. The predicted octanol–water partition coefficient (Wildman–Crippen LogP) is 2.11. The third kappa shape index (κ3) is 7.33. The van der Waals surface area contributed by atoms with E-state index in [0.717, 1.165) is 57.1 Å². The van der Waals surface area contributed by atoms with E-state index in [2.05, 4.69) is 44.8 Å². The highest BCUT2D eigenvalue weighted by atomic mass is 127. The summed E-state index contributed by atoms with van der Waals surface area (Å²) in [5, 5.41) is 17.9. The molecule has 0 radical (unpaired) electrons. The first-order valence-electron chi connectivity index (χ1n) is 8.28. The quantitative estimate of drug-likeness (QED) is 0.239. The van der Waals surface area contributed by atoms with Gasteiger partial charge in [-0.3, -0.25) is 14.8 Å². The lowest BCUT2D eigenvalue weighted by atomic mass is 10.1. The number of rotatable bonds is 9. The lowest BCUT2D eigenvalue weighted by molar-refractivity contribution is 0.583. The van der Waals surface area contributed by atoms with Gasteiger partial charge in [-0.15, -0.1) is 24.0 Å². The zero-order valence-corrected chi connectivity index (χ0v) is 16.8. The predicted molar refractivity (Wildman–Crippen MR) is 108 cm³/mol. The zero-order chi connectivity index (χ0) is 16.3. The van der Waals surface area contributed by atoms with E-state index in [1.165, 1.54) is 5.56 Å². The molecule has 3 N–H and O–H groups in total. The Hall–Kier alpha value is -1.58. The largest absolute Gasteiger partial charge is 0.357 e. The molecule has 0 aliphatic carbocycles. The van der Waals surface area contributed by atoms with Crippen molar-refractivity contribution in [2.45, 2.75) is 39.7 Å². The van der Waals surface area contributed by atoms with Crippen LogP contribution in [0.2, 0.25) is 0 Å². The average Bonchev–Trinajstić information content (AvgIpc) is 3.20. The molecule has 2 aromatic heterocycles. The minimum absolute atomic E-state index is 0. The number of aromatic nitrogens is 4. The Kier molecular flexibility index (Phi) is 10.1. The SMILES string of the molecule is CCNC(=NCCCn1cccn1)NCCCc1cn[nH]c1C.I. The minimum Gasteiger partial charge on any atom is -0.357 e. The van der Waals surface area contributed by atoms with Gasteiger partial charge in [-0.1, -0.05) is 0 Å². The molecular formula is C16H28IN7. The number of hydrogen-bond donors (Lipinski definition) is 3. The standard InChI is InChI=1S/C16H27N7.HI/c1-3-17-16(19-9-5-11-23-12-6-10-21-23)18-8-4-7-15-13-20-22-14(15)2;/h6,10,12-13H,3-5,7-9,11H2,1-2H3,(H,20,22)(H2,17,18,19);1H. The molecule has 0 spiro atoms. The van der Waals surface area contributed by atoms with Crippen LogP contribution in [0.25, 0.3) is 0 Å². The summed E-state index contributed by atoms with van der Waals surface area (Å²) in [6.45, 7) is 7.59. The fourth-order valence-electron chi connectivity index (χ4n) is 2.31. The molecule has 0 atom stereocenters. The van der Waals surface area contributed by atoms with E-state index in [1.807, 2.05) is 23.1 Å². The van der Waals surface area contributed by atoms with Crippen LogP contribution in [0.5, 0.6) is 0 Å². The molecule has 0 aromatic carbocycles. The summed E-state index contributed by atoms with van der Waals surface area (Å²) in [5.41, 5.74) is 2.44. The molecule has 0 aliphatic heterocycles. The maximum absolute atomic E-state index is 4.60. The first-order valence-corrected chi connectivity index (χ1v) is 8.28. The molecule has 0 amide bonds. The molecule has 2 heterocycles. The van der Waals surface area contributed by atoms with Gasteiger partial charge < -0.3 is 10.6 Å². The van der Waals surface area contributed by atoms with Crippen LogP contribution in [-0.2, 0) is 13.0 Å². The summed E-state index contributed by atoms with van der Waals surface area (Å²) in [6, 6.07) is 1.94. The van der Waals surface area contributed by atoms with Crippen LogP contribution < -0.4 is 10.6 Å². The molecule has 2 rings (SSSR count). The van der Waals surface area contributed by atoms with E-state index in [-0.39, 0.29) is 24.0 Å². The van der Waals surface area contributed by atoms with E-state index in [9.17, 15) is 0 Å². The van der Waals surface area contributed by atoms with Gasteiger partial charge in [0.05, 0.1) is 6.20 Å². The van der Waals surface area contributed by atoms with Gasteiger partial charge in [0.25, 0.3) is 0 Å². The Morgan fingerprint density at radius 3 is 2.88 bits per heavy atom. The molecule has 24 heavy (non-hydrogen) atoms. The van der Waals surface area contributed by atoms with Crippen LogP contribution in [0.3, 0.4) is 0 Å². The smallest absolute Gasteiger partial charge is 0.191 e. The second kappa shape index (κ2) is 11.9. The van der Waals surface area contributed by atoms with Crippen molar-refractivity contribution in [1.29, 1.82) is 0 Å². The molecule has 0 saturated carbocycles. The normalized spacial score (nSPS) is 11.2. The summed E-state index contributed by atoms with van der Waals surface area (Å²) >= 11 is 0. The molecule has 0 saturated heterocycles. The van der Waals surface area contributed by atoms with Gasteiger partial charge in [0.2, 0.25) is 0 Å². The Morgan fingerprint density at radius 2 is 2.21 bits per heavy atom. The van der Waals surface area contributed by atoms with Crippen molar-refractivity contribution < 1.29 is 0 Å². The third-order valence-electron chi connectivity index (χ3n) is 3.57. The number of aromatic amines is 1. The third-order valence-corrected chi connectivity index (χ3v) is 3.57. The number of halogens is 1. The van der Waals surface area contributed by atoms with Gasteiger partial charge in [0.1, 0.15) is 0 Å². The number of aliphatic imine (C=N–C) groups is 1. The summed E-state index contributed by atoms with van der Waals surface area (Å²) in [5.74, 6) is 0.886. The first-order chi connectivity index (χ1) is 11.3. The summed E-state index contributed by atoms with van der Waals surface area (Å²) in [6.07, 6.45) is 8.74. The van der Waals surface area contributed by atoms with Gasteiger partial charge in [-0.25, -0.2) is 0 Å². The molecule has 0 bridgehead atoms.